The van der Waals surface area contributed by atoms with E-state index in [1.165, 1.54) is 12.0 Å². The van der Waals surface area contributed by atoms with E-state index < -0.39 is 0 Å². The second kappa shape index (κ2) is 6.57. The average molecular weight is 349 g/mol. The summed E-state index contributed by atoms with van der Waals surface area (Å²) in [6.07, 6.45) is 17.8. The van der Waals surface area contributed by atoms with Crippen LogP contribution in [0, 0.1) is 0 Å². The van der Waals surface area contributed by atoms with Crippen LogP contribution in [-0.2, 0) is 0 Å². The molecule has 0 spiro atoms. The number of nitrogens with one attached hydrogen (secondary N) is 2. The fraction of sp³-hybridized carbons (Fsp3) is 0.421. The predicted octanol–water partition coefficient (Wildman–Crippen LogP) is 3.16. The lowest BCUT2D eigenvalue weighted by Gasteiger charge is -2.22. The Labute approximate surface area is 152 Å². The molecule has 2 N–H and O–H groups in total. The highest BCUT2D eigenvalue weighted by Gasteiger charge is 2.17. The molecule has 26 heavy (non-hydrogen) atoms. The number of imidazole rings is 1. The minimum atomic E-state index is 0.475. The molecule has 0 unspecified atom stereocenters. The Bertz CT molecular complexity index is 946. The van der Waals surface area contributed by atoms with Crippen molar-refractivity contribution in [1.29, 1.82) is 0 Å². The molecule has 5 rings (SSSR count). The van der Waals surface area contributed by atoms with E-state index in [1.807, 2.05) is 24.8 Å². The number of rotatable bonds is 4. The summed E-state index contributed by atoms with van der Waals surface area (Å²) in [6, 6.07) is 0.475. The molecule has 0 bridgehead atoms. The largest absolute Gasteiger partial charge is 0.335 e. The van der Waals surface area contributed by atoms with E-state index in [9.17, 15) is 0 Å². The molecule has 2 aliphatic rings. The highest BCUT2D eigenvalue weighted by atomic mass is 15.3. The van der Waals surface area contributed by atoms with Gasteiger partial charge in [-0.25, -0.2) is 9.97 Å². The van der Waals surface area contributed by atoms with Crippen LogP contribution in [0.3, 0.4) is 0 Å². The molecule has 1 saturated heterocycles. The van der Waals surface area contributed by atoms with E-state index >= 15 is 0 Å². The first-order valence-corrected chi connectivity index (χ1v) is 9.42. The number of anilines is 2. The van der Waals surface area contributed by atoms with E-state index in [1.54, 1.807) is 0 Å². The Balaban J connectivity index is 1.42. The topological polar surface area (TPSA) is 72.1 Å². The first-order chi connectivity index (χ1) is 12.9. The molecule has 1 aliphatic heterocycles. The van der Waals surface area contributed by atoms with Gasteiger partial charge in [-0.15, -0.1) is 0 Å². The minimum absolute atomic E-state index is 0.475. The third kappa shape index (κ3) is 2.78. The highest BCUT2D eigenvalue weighted by Crippen LogP contribution is 2.29. The van der Waals surface area contributed by atoms with Crippen molar-refractivity contribution in [3.05, 3.63) is 42.8 Å². The van der Waals surface area contributed by atoms with Gasteiger partial charge in [0.05, 0.1) is 29.8 Å². The molecular weight excluding hydrogens is 326 g/mol. The van der Waals surface area contributed by atoms with Gasteiger partial charge in [-0.2, -0.15) is 5.10 Å². The summed E-state index contributed by atoms with van der Waals surface area (Å²) in [5.41, 5.74) is 4.32. The average Bonchev–Trinajstić information content (AvgIpc) is 3.44. The summed E-state index contributed by atoms with van der Waals surface area (Å²) >= 11 is 0. The summed E-state index contributed by atoms with van der Waals surface area (Å²) in [5, 5.41) is 11.3. The lowest BCUT2D eigenvalue weighted by atomic mass is 10.1. The van der Waals surface area contributed by atoms with E-state index in [0.717, 1.165) is 61.6 Å². The van der Waals surface area contributed by atoms with Crippen LogP contribution in [0.15, 0.2) is 37.1 Å². The van der Waals surface area contributed by atoms with Crippen LogP contribution in [0.1, 0.15) is 43.8 Å². The quantitative estimate of drug-likeness (QED) is 0.757. The minimum Gasteiger partial charge on any atom is -0.335 e. The van der Waals surface area contributed by atoms with Gasteiger partial charge in [0.2, 0.25) is 0 Å². The molecule has 4 heterocycles. The van der Waals surface area contributed by atoms with Crippen molar-refractivity contribution in [3.8, 4) is 0 Å². The highest BCUT2D eigenvalue weighted by molar-refractivity contribution is 5.74. The standard InChI is InChI=1S/C19H23N7/c1-2-4-14(3-1)17-12-22-18(19-21-9-10-25(17)19)24-15-11-23-26(13-15)16-5-7-20-8-6-16/h3,9-13,16,20H,1-2,4-8H2,(H,22,24). The van der Waals surface area contributed by atoms with Gasteiger partial charge in [-0.1, -0.05) is 6.08 Å². The van der Waals surface area contributed by atoms with E-state index in [0.29, 0.717) is 6.04 Å². The predicted molar refractivity (Wildman–Crippen MR) is 101 cm³/mol. The van der Waals surface area contributed by atoms with Gasteiger partial charge in [-0.05, 0) is 50.8 Å². The Morgan fingerprint density at radius 1 is 1.15 bits per heavy atom. The van der Waals surface area contributed by atoms with Crippen molar-refractivity contribution in [2.75, 3.05) is 18.4 Å². The Morgan fingerprint density at radius 3 is 2.92 bits per heavy atom. The van der Waals surface area contributed by atoms with Crippen LogP contribution in [0.4, 0.5) is 11.5 Å². The molecule has 7 heteroatoms. The van der Waals surface area contributed by atoms with Crippen molar-refractivity contribution in [3.63, 3.8) is 0 Å². The number of allylic oxidation sites excluding steroid dienone is 2. The first kappa shape index (κ1) is 15.6. The SMILES string of the molecule is C1=C(c2cnc(Nc3cnn(C4CCNCC4)c3)c3nccn23)CCC1. The van der Waals surface area contributed by atoms with Crippen molar-refractivity contribution >= 4 is 22.7 Å². The smallest absolute Gasteiger partial charge is 0.180 e. The molecule has 0 saturated carbocycles. The first-order valence-electron chi connectivity index (χ1n) is 9.42. The van der Waals surface area contributed by atoms with E-state index in [2.05, 4.69) is 47.1 Å². The Kier molecular flexibility index (Phi) is 3.93. The number of piperidine rings is 1. The van der Waals surface area contributed by atoms with Crippen LogP contribution in [0.25, 0.3) is 11.2 Å². The normalized spacial score (nSPS) is 18.4. The molecule has 1 aliphatic carbocycles. The van der Waals surface area contributed by atoms with Gasteiger partial charge < -0.3 is 10.6 Å². The molecule has 0 amide bonds. The van der Waals surface area contributed by atoms with Gasteiger partial charge in [0.1, 0.15) is 0 Å². The van der Waals surface area contributed by atoms with Crippen LogP contribution < -0.4 is 10.6 Å². The third-order valence-electron chi connectivity index (χ3n) is 5.35. The van der Waals surface area contributed by atoms with Gasteiger partial charge in [0, 0.05) is 18.6 Å². The molecule has 0 aromatic carbocycles. The van der Waals surface area contributed by atoms with Gasteiger partial charge in [-0.3, -0.25) is 9.08 Å². The fourth-order valence-electron chi connectivity index (χ4n) is 3.96. The van der Waals surface area contributed by atoms with Crippen molar-refractivity contribution in [1.82, 2.24) is 29.5 Å². The van der Waals surface area contributed by atoms with Crippen LogP contribution in [0.5, 0.6) is 0 Å². The zero-order chi connectivity index (χ0) is 17.3. The van der Waals surface area contributed by atoms with Crippen molar-refractivity contribution in [2.24, 2.45) is 0 Å². The number of hydrogen-bond donors (Lipinski definition) is 2. The van der Waals surface area contributed by atoms with Crippen LogP contribution in [-0.4, -0.2) is 37.2 Å². The maximum absolute atomic E-state index is 4.66. The summed E-state index contributed by atoms with van der Waals surface area (Å²) in [4.78, 5) is 9.18. The Hall–Kier alpha value is -2.67. The molecule has 0 radical (unpaired) electrons. The maximum Gasteiger partial charge on any atom is 0.180 e. The second-order valence-electron chi connectivity index (χ2n) is 7.05. The molecule has 1 fully saturated rings. The molecule has 7 nitrogen and oxygen atoms in total. The van der Waals surface area contributed by atoms with Crippen molar-refractivity contribution in [2.45, 2.75) is 38.1 Å². The number of nitrogens with zero attached hydrogens (tertiary/aromatic N) is 5. The fourth-order valence-corrected chi connectivity index (χ4v) is 3.96. The molecular formula is C19H23N7. The molecule has 134 valence electrons. The number of fused-ring (bicyclic) bond motifs is 1. The Morgan fingerprint density at radius 2 is 2.08 bits per heavy atom. The lowest BCUT2D eigenvalue weighted by Crippen LogP contribution is -2.29. The second-order valence-corrected chi connectivity index (χ2v) is 7.05. The van der Waals surface area contributed by atoms with E-state index in [4.69, 9.17) is 0 Å². The summed E-state index contributed by atoms with van der Waals surface area (Å²) in [6.45, 7) is 2.11. The third-order valence-corrected chi connectivity index (χ3v) is 5.35. The van der Waals surface area contributed by atoms with Gasteiger partial charge in [0.25, 0.3) is 0 Å². The van der Waals surface area contributed by atoms with Gasteiger partial charge in [0.15, 0.2) is 11.5 Å². The van der Waals surface area contributed by atoms with E-state index in [-0.39, 0.29) is 0 Å². The summed E-state index contributed by atoms with van der Waals surface area (Å²) in [5.74, 6) is 0.766. The zero-order valence-corrected chi connectivity index (χ0v) is 14.7. The number of aromatic nitrogens is 5. The molecule has 0 atom stereocenters. The summed E-state index contributed by atoms with van der Waals surface area (Å²) in [7, 11) is 0. The van der Waals surface area contributed by atoms with Crippen LogP contribution >= 0.6 is 0 Å². The molecule has 3 aromatic heterocycles. The van der Waals surface area contributed by atoms with Crippen molar-refractivity contribution < 1.29 is 0 Å². The number of hydrogen-bond acceptors (Lipinski definition) is 5. The summed E-state index contributed by atoms with van der Waals surface area (Å²) < 4.78 is 4.20. The lowest BCUT2D eigenvalue weighted by molar-refractivity contribution is 0.343. The van der Waals surface area contributed by atoms with Gasteiger partial charge >= 0.3 is 0 Å². The van der Waals surface area contributed by atoms with Crippen LogP contribution in [0.2, 0.25) is 0 Å². The zero-order valence-electron chi connectivity index (χ0n) is 14.7. The molecule has 3 aromatic rings. The maximum atomic E-state index is 4.66. The monoisotopic (exact) mass is 349 g/mol.